The molecule has 3 heterocycles. The van der Waals surface area contributed by atoms with Crippen LogP contribution in [0.25, 0.3) is 0 Å². The maximum absolute atomic E-state index is 15.4. The van der Waals surface area contributed by atoms with Crippen LogP contribution in [-0.2, 0) is 21.3 Å². The van der Waals surface area contributed by atoms with Gasteiger partial charge in [-0.3, -0.25) is 15.1 Å². The van der Waals surface area contributed by atoms with Gasteiger partial charge in [0.1, 0.15) is 11.9 Å². The summed E-state index contributed by atoms with van der Waals surface area (Å²) >= 11 is 7.19. The predicted molar refractivity (Wildman–Crippen MR) is 177 cm³/mol. The molecular formula is C32H39ClFN5O4S2. The lowest BCUT2D eigenvalue weighted by Gasteiger charge is -2.38. The number of urea groups is 1. The number of rotatable bonds is 11. The minimum atomic E-state index is -1.49. The number of thiophene rings is 1. The van der Waals surface area contributed by atoms with Crippen molar-refractivity contribution >= 4 is 56.6 Å². The number of halogens is 2. The molecule has 1 unspecified atom stereocenters. The third-order valence-corrected chi connectivity index (χ3v) is 11.1. The Hall–Kier alpha value is -2.90. The fraction of sp³-hybridized carbons (Fsp3) is 0.469. The fourth-order valence-corrected chi connectivity index (χ4v) is 7.48. The van der Waals surface area contributed by atoms with Crippen LogP contribution in [0.2, 0.25) is 4.34 Å². The van der Waals surface area contributed by atoms with E-state index in [9.17, 15) is 18.9 Å². The molecule has 1 saturated carbocycles. The Morgan fingerprint density at radius 1 is 1.09 bits per heavy atom. The number of nitrogens with one attached hydrogen (secondary N) is 3. The molecule has 2 aliphatic rings. The summed E-state index contributed by atoms with van der Waals surface area (Å²) in [6.45, 7) is 5.63. The van der Waals surface area contributed by atoms with Crippen LogP contribution in [-0.4, -0.2) is 55.1 Å². The van der Waals surface area contributed by atoms with Gasteiger partial charge in [-0.05, 0) is 93.5 Å². The Morgan fingerprint density at radius 2 is 1.82 bits per heavy atom. The quantitative estimate of drug-likeness (QED) is 0.191. The van der Waals surface area contributed by atoms with Crippen LogP contribution in [0.5, 0.6) is 0 Å². The van der Waals surface area contributed by atoms with Crippen LogP contribution in [0.15, 0.2) is 54.9 Å². The van der Waals surface area contributed by atoms with Gasteiger partial charge in [0.15, 0.2) is 0 Å². The molecule has 13 heteroatoms. The lowest BCUT2D eigenvalue weighted by molar-refractivity contribution is -0.119. The van der Waals surface area contributed by atoms with Crippen molar-refractivity contribution in [2.24, 2.45) is 11.8 Å². The molecule has 9 nitrogen and oxygen atoms in total. The molecule has 1 aliphatic carbocycles. The van der Waals surface area contributed by atoms with Gasteiger partial charge >= 0.3 is 6.03 Å². The topological polar surface area (TPSA) is 124 Å². The highest BCUT2D eigenvalue weighted by molar-refractivity contribution is 7.84. The first-order chi connectivity index (χ1) is 21.4. The highest BCUT2D eigenvalue weighted by Gasteiger charge is 2.42. The molecule has 3 aromatic rings. The molecule has 1 aromatic carbocycles. The smallest absolute Gasteiger partial charge is 0.323 e. The Kier molecular flexibility index (Phi) is 10.3. The molecule has 1 aliphatic heterocycles. The van der Waals surface area contributed by atoms with Crippen molar-refractivity contribution in [2.45, 2.75) is 69.2 Å². The lowest BCUT2D eigenvalue weighted by atomic mass is 9.79. The lowest BCUT2D eigenvalue weighted by Crippen LogP contribution is -2.49. The third kappa shape index (κ3) is 7.91. The van der Waals surface area contributed by atoms with Crippen LogP contribution in [0, 0.1) is 17.7 Å². The van der Waals surface area contributed by atoms with E-state index in [1.165, 1.54) is 22.3 Å². The zero-order valence-corrected chi connectivity index (χ0v) is 27.9. The van der Waals surface area contributed by atoms with Crippen molar-refractivity contribution in [3.05, 3.63) is 76.1 Å². The second-order valence-corrected chi connectivity index (χ2v) is 16.5. The number of aromatic nitrogens is 1. The third-order valence-electron chi connectivity index (χ3n) is 8.35. The van der Waals surface area contributed by atoms with Crippen molar-refractivity contribution in [3.63, 3.8) is 0 Å². The summed E-state index contributed by atoms with van der Waals surface area (Å²) in [6.07, 6.45) is 7.33. The van der Waals surface area contributed by atoms with E-state index in [0.29, 0.717) is 27.2 Å². The van der Waals surface area contributed by atoms with Crippen LogP contribution < -0.4 is 15.4 Å². The van der Waals surface area contributed by atoms with Gasteiger partial charge in [-0.15, -0.1) is 11.3 Å². The average Bonchev–Trinajstić information content (AvgIpc) is 3.59. The first-order valence-electron chi connectivity index (χ1n) is 15.0. The minimum Gasteiger partial charge on any atom is -0.396 e. The first kappa shape index (κ1) is 33.5. The van der Waals surface area contributed by atoms with E-state index in [0.717, 1.165) is 24.8 Å². The van der Waals surface area contributed by atoms with E-state index < -0.39 is 45.1 Å². The summed E-state index contributed by atoms with van der Waals surface area (Å²) in [5, 5.41) is 15.9. The number of amides is 3. The fourth-order valence-electron chi connectivity index (χ4n) is 5.59. The van der Waals surface area contributed by atoms with Gasteiger partial charge in [-0.25, -0.2) is 18.1 Å². The second-order valence-electron chi connectivity index (χ2n) is 12.8. The summed E-state index contributed by atoms with van der Waals surface area (Å²) in [5.41, 5.74) is 0.467. The summed E-state index contributed by atoms with van der Waals surface area (Å²) in [6, 6.07) is 10.2. The van der Waals surface area contributed by atoms with Crippen LogP contribution in [0.4, 0.5) is 19.9 Å². The molecule has 3 amide bonds. The maximum Gasteiger partial charge on any atom is 0.323 e. The minimum absolute atomic E-state index is 0.0523. The first-order valence-corrected chi connectivity index (χ1v) is 17.4. The average molecular weight is 676 g/mol. The molecule has 45 heavy (non-hydrogen) atoms. The predicted octanol–water partition coefficient (Wildman–Crippen LogP) is 6.27. The monoisotopic (exact) mass is 675 g/mol. The Bertz CT molecular complexity index is 1550. The van der Waals surface area contributed by atoms with Gasteiger partial charge in [0.2, 0.25) is 5.91 Å². The van der Waals surface area contributed by atoms with Crippen molar-refractivity contribution in [1.29, 1.82) is 0 Å². The molecule has 2 fully saturated rings. The molecule has 4 atom stereocenters. The normalized spacial score (nSPS) is 20.4. The van der Waals surface area contributed by atoms with Gasteiger partial charge in [-0.2, -0.15) is 0 Å². The van der Waals surface area contributed by atoms with Gasteiger partial charge in [0.05, 0.1) is 36.3 Å². The van der Waals surface area contributed by atoms with E-state index in [4.69, 9.17) is 11.6 Å². The molecule has 1 saturated heterocycles. The van der Waals surface area contributed by atoms with Gasteiger partial charge in [0, 0.05) is 31.5 Å². The van der Waals surface area contributed by atoms with E-state index in [1.807, 2.05) is 32.9 Å². The van der Waals surface area contributed by atoms with Crippen LogP contribution >= 0.6 is 22.9 Å². The number of pyridine rings is 1. The number of carbonyl (C=O) groups is 2. The molecule has 0 radical (unpaired) electrons. The number of hydrogen-bond donors (Lipinski definition) is 4. The van der Waals surface area contributed by atoms with Gasteiger partial charge in [0.25, 0.3) is 0 Å². The molecule has 2 aromatic heterocycles. The highest BCUT2D eigenvalue weighted by Crippen LogP contribution is 2.42. The molecule has 0 spiro atoms. The van der Waals surface area contributed by atoms with Crippen LogP contribution in [0.1, 0.15) is 64.0 Å². The summed E-state index contributed by atoms with van der Waals surface area (Å²) in [4.78, 5) is 32.4. The van der Waals surface area contributed by atoms with Crippen molar-refractivity contribution in [2.75, 3.05) is 23.8 Å². The molecule has 242 valence electrons. The Morgan fingerprint density at radius 3 is 2.44 bits per heavy atom. The standard InChI is InChI=1S/C32H39ClFN5O4S2/c1-31(2,3)45(43)38-32(13-10-20-4-5-20,22-11-14-35-15-12-22)23-6-7-24(34)25(17-23)36-29(41)26-16-21(19-40)18-39(26)30(42)37-28-9-8-27(33)44-28/h6-9,11-12,14-15,17,20-21,26,38,40H,4-5,10,13,16,18-19H2,1-3H3,(H,36,41)(H,37,42)/t21-,26-,32?,45-/m1/s1. The number of benzene rings is 1. The van der Waals surface area contributed by atoms with Gasteiger partial charge < -0.3 is 15.3 Å². The largest absolute Gasteiger partial charge is 0.396 e. The van der Waals surface area contributed by atoms with Crippen molar-refractivity contribution in [3.8, 4) is 0 Å². The maximum atomic E-state index is 15.4. The van der Waals surface area contributed by atoms with Crippen molar-refractivity contribution < 1.29 is 23.3 Å². The van der Waals surface area contributed by atoms with Crippen molar-refractivity contribution in [1.82, 2.24) is 14.6 Å². The van der Waals surface area contributed by atoms with E-state index in [2.05, 4.69) is 20.3 Å². The zero-order chi connectivity index (χ0) is 32.4. The Labute approximate surface area is 274 Å². The zero-order valence-electron chi connectivity index (χ0n) is 25.5. The second kappa shape index (κ2) is 13.8. The molecule has 0 bridgehead atoms. The van der Waals surface area contributed by atoms with Gasteiger partial charge in [-0.1, -0.05) is 30.5 Å². The number of carbonyl (C=O) groups excluding carboxylic acids is 2. The molecular weight excluding hydrogens is 637 g/mol. The number of aliphatic hydroxyl groups is 1. The highest BCUT2D eigenvalue weighted by atomic mass is 35.5. The molecule has 4 N–H and O–H groups in total. The number of aliphatic hydroxyl groups excluding tert-OH is 1. The van der Waals surface area contributed by atoms with E-state index in [1.54, 1.807) is 36.7 Å². The molecule has 5 rings (SSSR count). The summed E-state index contributed by atoms with van der Waals surface area (Å²) in [7, 11) is -1.49. The van der Waals surface area contributed by atoms with Crippen LogP contribution in [0.3, 0.4) is 0 Å². The summed E-state index contributed by atoms with van der Waals surface area (Å²) in [5.74, 6) is -0.955. The van der Waals surface area contributed by atoms with E-state index >= 15 is 4.39 Å². The number of likely N-dealkylation sites (tertiary alicyclic amines) is 1. The number of anilines is 2. The van der Waals surface area contributed by atoms with E-state index in [-0.39, 0.29) is 31.2 Å². The number of hydrogen-bond acceptors (Lipinski definition) is 6. The Balaban J connectivity index is 1.47. The number of nitrogens with zero attached hydrogens (tertiary/aromatic N) is 2. The summed E-state index contributed by atoms with van der Waals surface area (Å²) < 4.78 is 32.4. The SMILES string of the molecule is CC(C)(C)[S@@](=O)NC(CCC1CC1)(c1ccncc1)c1ccc(F)c(NC(=O)[C@H]2C[C@@H](CO)CN2C(=O)Nc2ccc(Cl)s2)c1.